The highest BCUT2D eigenvalue weighted by Crippen LogP contribution is 2.17. The van der Waals surface area contributed by atoms with E-state index in [4.69, 9.17) is 11.6 Å². The number of carbonyl (C=O) groups is 1. The van der Waals surface area contributed by atoms with Crippen LogP contribution in [0.15, 0.2) is 60.2 Å². The van der Waals surface area contributed by atoms with Gasteiger partial charge in [0, 0.05) is 16.2 Å². The van der Waals surface area contributed by atoms with Crippen molar-refractivity contribution in [1.29, 1.82) is 0 Å². The van der Waals surface area contributed by atoms with E-state index >= 15 is 0 Å². The highest BCUT2D eigenvalue weighted by molar-refractivity contribution is 6.30. The molecule has 0 bridgehead atoms. The predicted octanol–water partition coefficient (Wildman–Crippen LogP) is 5.02. The normalized spacial score (nSPS) is 11.4. The number of allylic oxidation sites excluding steroid dienone is 1. The van der Waals surface area contributed by atoms with Crippen LogP contribution < -0.4 is 0 Å². The van der Waals surface area contributed by atoms with Gasteiger partial charge in [-0.1, -0.05) is 61.0 Å². The topological polar surface area (TPSA) is 17.1 Å². The van der Waals surface area contributed by atoms with Crippen LogP contribution in [0, 0.1) is 0 Å². The highest BCUT2D eigenvalue weighted by atomic mass is 35.5. The van der Waals surface area contributed by atoms with Gasteiger partial charge in [-0.25, -0.2) is 0 Å². The zero-order valence-electron chi connectivity index (χ0n) is 10.8. The molecule has 0 fully saturated rings. The fourth-order valence-electron chi connectivity index (χ4n) is 1.86. The van der Waals surface area contributed by atoms with Gasteiger partial charge in [-0.15, -0.1) is 0 Å². The number of hydrogen-bond acceptors (Lipinski definition) is 1. The smallest absolute Gasteiger partial charge is 0.189 e. The molecule has 0 radical (unpaired) electrons. The quantitative estimate of drug-likeness (QED) is 0.563. The minimum atomic E-state index is 0.0815. The molecular weight excluding hydrogens is 256 g/mol. The van der Waals surface area contributed by atoms with Gasteiger partial charge in [-0.2, -0.15) is 0 Å². The molecule has 19 heavy (non-hydrogen) atoms. The maximum Gasteiger partial charge on any atom is 0.189 e. The Labute approximate surface area is 118 Å². The second-order valence-electron chi connectivity index (χ2n) is 4.27. The zero-order valence-corrected chi connectivity index (χ0v) is 11.5. The summed E-state index contributed by atoms with van der Waals surface area (Å²) in [5, 5.41) is 0.699. The maximum absolute atomic E-state index is 12.4. The van der Waals surface area contributed by atoms with Gasteiger partial charge in [-0.3, -0.25) is 4.79 Å². The standard InChI is InChI=1S/C17H15ClO/c1-2-14(12-13-8-10-16(18)11-9-13)17(19)15-6-4-3-5-7-15/h3-12H,2H2,1H3/b14-12+. The van der Waals surface area contributed by atoms with Gasteiger partial charge >= 0.3 is 0 Å². The highest BCUT2D eigenvalue weighted by Gasteiger charge is 2.09. The molecule has 2 aromatic rings. The second-order valence-corrected chi connectivity index (χ2v) is 4.71. The van der Waals surface area contributed by atoms with E-state index < -0.39 is 0 Å². The Morgan fingerprint density at radius 3 is 2.26 bits per heavy atom. The minimum absolute atomic E-state index is 0.0815. The first-order valence-electron chi connectivity index (χ1n) is 6.26. The molecule has 0 saturated carbocycles. The Balaban J connectivity index is 2.29. The third-order valence-corrected chi connectivity index (χ3v) is 3.17. The van der Waals surface area contributed by atoms with Crippen LogP contribution in [0.2, 0.25) is 5.02 Å². The number of halogens is 1. The first kappa shape index (κ1) is 13.6. The lowest BCUT2D eigenvalue weighted by atomic mass is 9.99. The second kappa shape index (κ2) is 6.35. The van der Waals surface area contributed by atoms with Crippen LogP contribution in [0.3, 0.4) is 0 Å². The summed E-state index contributed by atoms with van der Waals surface area (Å²) in [4.78, 5) is 12.4. The van der Waals surface area contributed by atoms with E-state index in [-0.39, 0.29) is 5.78 Å². The maximum atomic E-state index is 12.4. The van der Waals surface area contributed by atoms with E-state index in [0.717, 1.165) is 16.7 Å². The van der Waals surface area contributed by atoms with Crippen molar-refractivity contribution >= 4 is 23.5 Å². The molecule has 1 nitrogen and oxygen atoms in total. The van der Waals surface area contributed by atoms with Crippen molar-refractivity contribution in [3.8, 4) is 0 Å². The summed E-state index contributed by atoms with van der Waals surface area (Å²) < 4.78 is 0. The van der Waals surface area contributed by atoms with Crippen molar-refractivity contribution in [1.82, 2.24) is 0 Å². The van der Waals surface area contributed by atoms with Gasteiger partial charge in [0.1, 0.15) is 0 Å². The molecule has 2 rings (SSSR count). The summed E-state index contributed by atoms with van der Waals surface area (Å²) in [5.41, 5.74) is 2.52. The van der Waals surface area contributed by atoms with E-state index in [1.54, 1.807) is 0 Å². The summed E-state index contributed by atoms with van der Waals surface area (Å²) in [6.07, 6.45) is 2.63. The monoisotopic (exact) mass is 270 g/mol. The molecule has 0 spiro atoms. The average molecular weight is 271 g/mol. The first-order chi connectivity index (χ1) is 9.20. The van der Waals surface area contributed by atoms with Crippen LogP contribution in [0.1, 0.15) is 29.3 Å². The van der Waals surface area contributed by atoms with Crippen molar-refractivity contribution in [2.75, 3.05) is 0 Å². The lowest BCUT2D eigenvalue weighted by Crippen LogP contribution is -2.02. The van der Waals surface area contributed by atoms with Crippen LogP contribution in [0.25, 0.3) is 6.08 Å². The molecule has 2 aromatic carbocycles. The van der Waals surface area contributed by atoms with E-state index in [1.807, 2.05) is 67.6 Å². The van der Waals surface area contributed by atoms with E-state index in [1.165, 1.54) is 0 Å². The average Bonchev–Trinajstić information content (AvgIpc) is 2.47. The molecular formula is C17H15ClO. The van der Waals surface area contributed by atoms with Crippen LogP contribution in [0.5, 0.6) is 0 Å². The SMILES string of the molecule is CC/C(=C\c1ccc(Cl)cc1)C(=O)c1ccccc1. The van der Waals surface area contributed by atoms with Crippen LogP contribution in [-0.4, -0.2) is 5.78 Å². The molecule has 0 aromatic heterocycles. The lowest BCUT2D eigenvalue weighted by Gasteiger charge is -2.04. The fraction of sp³-hybridized carbons (Fsp3) is 0.118. The van der Waals surface area contributed by atoms with E-state index in [0.29, 0.717) is 11.4 Å². The summed E-state index contributed by atoms with van der Waals surface area (Å²) in [6.45, 7) is 1.99. The molecule has 96 valence electrons. The van der Waals surface area contributed by atoms with Gasteiger partial charge in [0.2, 0.25) is 0 Å². The van der Waals surface area contributed by atoms with Crippen LogP contribution in [-0.2, 0) is 0 Å². The molecule has 2 heteroatoms. The molecule has 0 aliphatic heterocycles. The Bertz CT molecular complexity index is 582. The first-order valence-corrected chi connectivity index (χ1v) is 6.64. The Morgan fingerprint density at radius 2 is 1.68 bits per heavy atom. The van der Waals surface area contributed by atoms with E-state index in [2.05, 4.69) is 0 Å². The zero-order chi connectivity index (χ0) is 13.7. The molecule has 0 aliphatic rings. The molecule has 0 atom stereocenters. The number of carbonyl (C=O) groups excluding carboxylic acids is 1. The number of benzene rings is 2. The molecule has 0 aliphatic carbocycles. The van der Waals surface area contributed by atoms with Gasteiger partial charge in [0.25, 0.3) is 0 Å². The van der Waals surface area contributed by atoms with Crippen molar-refractivity contribution in [2.24, 2.45) is 0 Å². The van der Waals surface area contributed by atoms with E-state index in [9.17, 15) is 4.79 Å². The third kappa shape index (κ3) is 3.55. The molecule has 0 unspecified atom stereocenters. The van der Waals surface area contributed by atoms with Gasteiger partial charge < -0.3 is 0 Å². The molecule has 0 heterocycles. The Kier molecular flexibility index (Phi) is 4.53. The summed E-state index contributed by atoms with van der Waals surface area (Å²) in [5.74, 6) is 0.0815. The van der Waals surface area contributed by atoms with Gasteiger partial charge in [0.05, 0.1) is 0 Å². The van der Waals surface area contributed by atoms with Crippen molar-refractivity contribution < 1.29 is 4.79 Å². The number of Topliss-reactive ketones (excluding diaryl/α,β-unsaturated/α-hetero) is 1. The minimum Gasteiger partial charge on any atom is -0.289 e. The third-order valence-electron chi connectivity index (χ3n) is 2.92. The molecule has 0 amide bonds. The van der Waals surface area contributed by atoms with Crippen LogP contribution in [0.4, 0.5) is 0 Å². The number of hydrogen-bond donors (Lipinski definition) is 0. The van der Waals surface area contributed by atoms with Crippen molar-refractivity contribution in [2.45, 2.75) is 13.3 Å². The fourth-order valence-corrected chi connectivity index (χ4v) is 1.99. The Morgan fingerprint density at radius 1 is 1.05 bits per heavy atom. The lowest BCUT2D eigenvalue weighted by molar-refractivity contribution is 0.103. The summed E-state index contributed by atoms with van der Waals surface area (Å²) in [6, 6.07) is 16.8. The predicted molar refractivity (Wildman–Crippen MR) is 80.5 cm³/mol. The summed E-state index contributed by atoms with van der Waals surface area (Å²) >= 11 is 5.85. The van der Waals surface area contributed by atoms with Gasteiger partial charge in [0.15, 0.2) is 5.78 Å². The summed E-state index contributed by atoms with van der Waals surface area (Å²) in [7, 11) is 0. The van der Waals surface area contributed by atoms with Crippen molar-refractivity contribution in [3.05, 3.63) is 76.3 Å². The van der Waals surface area contributed by atoms with Crippen molar-refractivity contribution in [3.63, 3.8) is 0 Å². The van der Waals surface area contributed by atoms with Gasteiger partial charge in [-0.05, 0) is 30.2 Å². The Hall–Kier alpha value is -1.86. The van der Waals surface area contributed by atoms with Crippen LogP contribution >= 0.6 is 11.6 Å². The largest absolute Gasteiger partial charge is 0.289 e. The molecule has 0 saturated heterocycles. The number of ketones is 1. The number of rotatable bonds is 4. The molecule has 0 N–H and O–H groups in total.